The van der Waals surface area contributed by atoms with Crippen LogP contribution in [0.25, 0.3) is 20.8 Å². The number of terminal acetylenes is 1. The van der Waals surface area contributed by atoms with Crippen molar-refractivity contribution in [3.8, 4) is 34.4 Å². The van der Waals surface area contributed by atoms with Crippen molar-refractivity contribution in [2.45, 2.75) is 6.42 Å². The molecule has 0 aliphatic rings. The molecule has 2 N–H and O–H groups in total. The lowest BCUT2D eigenvalue weighted by Gasteiger charge is -2.12. The number of carbonyl (C=O) groups excluding carboxylic acids is 1. The van der Waals surface area contributed by atoms with Crippen LogP contribution in [0.3, 0.4) is 0 Å². The zero-order valence-corrected chi connectivity index (χ0v) is 21.4. The van der Waals surface area contributed by atoms with E-state index in [1.807, 2.05) is 30.3 Å². The number of ether oxygens (including phenoxy) is 1. The molecule has 2 aromatic carbocycles. The molecule has 0 spiro atoms. The second kappa shape index (κ2) is 11.2. The lowest BCUT2D eigenvalue weighted by molar-refractivity contribution is -0.119. The fourth-order valence-electron chi connectivity index (χ4n) is 3.73. The van der Waals surface area contributed by atoms with Crippen LogP contribution in [-0.2, 0) is 11.2 Å². The molecule has 3 aromatic heterocycles. The molecule has 186 valence electrons. The minimum Gasteiger partial charge on any atom is -0.453 e. The molecule has 0 saturated carbocycles. The summed E-state index contributed by atoms with van der Waals surface area (Å²) < 4.78 is 21.6. The number of thiocarbonyl (C=S) groups is 1. The zero-order valence-electron chi connectivity index (χ0n) is 19.8. The number of hydrogen-bond donors (Lipinski definition) is 2. The van der Waals surface area contributed by atoms with E-state index in [0.717, 1.165) is 20.8 Å². The molecule has 5 rings (SSSR count). The molecule has 0 aliphatic heterocycles. The first kappa shape index (κ1) is 25.0. The molecule has 9 heteroatoms. The van der Waals surface area contributed by atoms with E-state index in [-0.39, 0.29) is 23.2 Å². The van der Waals surface area contributed by atoms with Gasteiger partial charge in [0.05, 0.1) is 27.2 Å². The Kier molecular flexibility index (Phi) is 7.35. The third-order valence-electron chi connectivity index (χ3n) is 5.48. The van der Waals surface area contributed by atoms with E-state index >= 15 is 0 Å². The minimum atomic E-state index is -0.599. The lowest BCUT2D eigenvalue weighted by Crippen LogP contribution is -2.35. The van der Waals surface area contributed by atoms with Gasteiger partial charge in [-0.15, -0.1) is 17.8 Å². The molecular weight excluding hydrogens is 519 g/mol. The van der Waals surface area contributed by atoms with E-state index in [0.29, 0.717) is 22.6 Å². The Morgan fingerprint density at radius 2 is 1.87 bits per heavy atom. The van der Waals surface area contributed by atoms with E-state index in [9.17, 15) is 9.18 Å². The summed E-state index contributed by atoms with van der Waals surface area (Å²) in [6.07, 6.45) is 8.89. The average molecular weight is 539 g/mol. The summed E-state index contributed by atoms with van der Waals surface area (Å²) in [4.78, 5) is 22.1. The molecule has 6 nitrogen and oxygen atoms in total. The summed E-state index contributed by atoms with van der Waals surface area (Å²) in [5.74, 6) is 2.14. The molecular formula is C29H19FN4O2S2. The van der Waals surface area contributed by atoms with Crippen LogP contribution in [0.2, 0.25) is 0 Å². The van der Waals surface area contributed by atoms with Gasteiger partial charge in [-0.05, 0) is 54.2 Å². The molecule has 3 heterocycles. The summed E-state index contributed by atoms with van der Waals surface area (Å²) in [5, 5.41) is 5.45. The number of halogens is 1. The predicted molar refractivity (Wildman–Crippen MR) is 152 cm³/mol. The van der Waals surface area contributed by atoms with Crippen molar-refractivity contribution >= 4 is 50.5 Å². The molecule has 1 amide bonds. The van der Waals surface area contributed by atoms with Gasteiger partial charge in [0.1, 0.15) is 5.75 Å². The smallest absolute Gasteiger partial charge is 0.230 e. The van der Waals surface area contributed by atoms with Crippen molar-refractivity contribution in [1.82, 2.24) is 15.3 Å². The summed E-state index contributed by atoms with van der Waals surface area (Å²) in [6.45, 7) is 0. The summed E-state index contributed by atoms with van der Waals surface area (Å²) in [6, 6.07) is 20.8. The average Bonchev–Trinajstić information content (AvgIpc) is 3.36. The monoisotopic (exact) mass is 538 g/mol. The first-order valence-electron chi connectivity index (χ1n) is 11.4. The van der Waals surface area contributed by atoms with E-state index in [1.54, 1.807) is 42.7 Å². The molecule has 0 bridgehead atoms. The van der Waals surface area contributed by atoms with Gasteiger partial charge in [-0.3, -0.25) is 14.8 Å². The number of aromatic nitrogens is 2. The van der Waals surface area contributed by atoms with Crippen molar-refractivity contribution in [3.63, 3.8) is 0 Å². The maximum Gasteiger partial charge on any atom is 0.230 e. The van der Waals surface area contributed by atoms with Gasteiger partial charge in [-0.2, -0.15) is 0 Å². The van der Waals surface area contributed by atoms with Crippen molar-refractivity contribution in [2.75, 3.05) is 5.32 Å². The van der Waals surface area contributed by atoms with E-state index in [2.05, 4.69) is 26.5 Å². The fourth-order valence-corrected chi connectivity index (χ4v) is 5.01. The number of nitrogens with zero attached hydrogens (tertiary/aromatic N) is 2. The number of anilines is 1. The molecule has 5 aromatic rings. The summed E-state index contributed by atoms with van der Waals surface area (Å²) in [5.41, 5.74) is 3.27. The second-order valence-corrected chi connectivity index (χ2v) is 9.54. The quantitative estimate of drug-likeness (QED) is 0.194. The Hall–Kier alpha value is -4.65. The Morgan fingerprint density at radius 3 is 2.66 bits per heavy atom. The number of carbonyl (C=O) groups is 1. The Balaban J connectivity index is 1.26. The normalized spacial score (nSPS) is 10.5. The van der Waals surface area contributed by atoms with Crippen LogP contribution in [0.4, 0.5) is 10.1 Å². The maximum atomic E-state index is 15.0. The van der Waals surface area contributed by atoms with Crippen LogP contribution in [0, 0.1) is 18.2 Å². The van der Waals surface area contributed by atoms with Crippen molar-refractivity contribution in [1.29, 1.82) is 0 Å². The van der Waals surface area contributed by atoms with Gasteiger partial charge in [-0.1, -0.05) is 30.2 Å². The molecule has 0 atom stereocenters. The van der Waals surface area contributed by atoms with Crippen LogP contribution in [0.5, 0.6) is 11.5 Å². The largest absolute Gasteiger partial charge is 0.453 e. The van der Waals surface area contributed by atoms with Crippen LogP contribution in [0.15, 0.2) is 85.2 Å². The number of nitrogens with one attached hydrogen (secondary N) is 2. The second-order valence-electron chi connectivity index (χ2n) is 8.08. The fraction of sp³-hybridized carbons (Fsp3) is 0.0345. The third-order valence-corrected chi connectivity index (χ3v) is 6.85. The van der Waals surface area contributed by atoms with E-state index < -0.39 is 5.82 Å². The van der Waals surface area contributed by atoms with Gasteiger partial charge in [0.25, 0.3) is 0 Å². The predicted octanol–water partition coefficient (Wildman–Crippen LogP) is 6.33. The van der Waals surface area contributed by atoms with Crippen LogP contribution < -0.4 is 15.4 Å². The van der Waals surface area contributed by atoms with Gasteiger partial charge in [0.2, 0.25) is 5.91 Å². The number of fused-ring (bicyclic) bond motifs is 1. The first-order valence-corrected chi connectivity index (χ1v) is 12.7. The molecule has 0 aliphatic carbocycles. The van der Waals surface area contributed by atoms with Gasteiger partial charge in [-0.25, -0.2) is 4.39 Å². The van der Waals surface area contributed by atoms with Crippen molar-refractivity contribution in [2.24, 2.45) is 0 Å². The number of benzene rings is 2. The maximum absolute atomic E-state index is 15.0. The highest BCUT2D eigenvalue weighted by molar-refractivity contribution is 7.80. The zero-order chi connectivity index (χ0) is 26.5. The Labute approximate surface area is 227 Å². The third kappa shape index (κ3) is 5.67. The molecule has 0 unspecified atom stereocenters. The Bertz CT molecular complexity index is 1700. The highest BCUT2D eigenvalue weighted by Gasteiger charge is 2.14. The highest BCUT2D eigenvalue weighted by atomic mass is 32.1. The lowest BCUT2D eigenvalue weighted by atomic mass is 10.1. The topological polar surface area (TPSA) is 76.1 Å². The minimum absolute atomic E-state index is 0.0386. The first-order chi connectivity index (χ1) is 18.5. The van der Waals surface area contributed by atoms with E-state index in [4.69, 9.17) is 23.4 Å². The van der Waals surface area contributed by atoms with Gasteiger partial charge in [0, 0.05) is 35.8 Å². The molecule has 0 saturated heterocycles. The molecule has 38 heavy (non-hydrogen) atoms. The number of thiophene rings is 1. The standard InChI is InChI=1S/C29H19FN4O2S2/c1-2-18-7-3-4-8-19(18)15-27(35)34-29(37)33-20-10-11-24(21(30)16-20)36-25-12-14-32-23-17-26(38-28(23)25)22-9-5-6-13-31-22/h1,3-14,16-17H,15H2,(H2,33,34,35,37). The van der Waals surface area contributed by atoms with Crippen LogP contribution in [0.1, 0.15) is 11.1 Å². The number of hydrogen-bond acceptors (Lipinski definition) is 6. The SMILES string of the molecule is C#Cc1ccccc1CC(=O)NC(=S)Nc1ccc(Oc2ccnc3cc(-c4ccccn4)sc23)c(F)c1. The Morgan fingerprint density at radius 1 is 1.03 bits per heavy atom. The van der Waals surface area contributed by atoms with E-state index in [1.165, 1.54) is 23.5 Å². The van der Waals surface area contributed by atoms with Crippen LogP contribution >= 0.6 is 23.6 Å². The highest BCUT2D eigenvalue weighted by Crippen LogP contribution is 2.39. The van der Waals surface area contributed by atoms with Gasteiger partial charge < -0.3 is 15.4 Å². The van der Waals surface area contributed by atoms with Gasteiger partial charge >= 0.3 is 0 Å². The number of amides is 1. The summed E-state index contributed by atoms with van der Waals surface area (Å²) >= 11 is 6.69. The summed E-state index contributed by atoms with van der Waals surface area (Å²) in [7, 11) is 0. The van der Waals surface area contributed by atoms with Crippen molar-refractivity contribution < 1.29 is 13.9 Å². The van der Waals surface area contributed by atoms with Crippen LogP contribution in [-0.4, -0.2) is 21.0 Å². The van der Waals surface area contributed by atoms with Gasteiger partial charge in [0.15, 0.2) is 16.7 Å². The van der Waals surface area contributed by atoms with Crippen molar-refractivity contribution in [3.05, 3.63) is 102 Å². The number of pyridine rings is 2. The molecule has 0 fully saturated rings. The molecule has 0 radical (unpaired) electrons. The number of rotatable bonds is 6.